The number of carbonyl (C=O) groups is 1. The van der Waals surface area contributed by atoms with E-state index in [-0.39, 0.29) is 19.0 Å². The van der Waals surface area contributed by atoms with Crippen LogP contribution in [0.1, 0.15) is 24.5 Å². The summed E-state index contributed by atoms with van der Waals surface area (Å²) >= 11 is 0. The van der Waals surface area contributed by atoms with Crippen molar-refractivity contribution < 1.29 is 18.0 Å². The van der Waals surface area contributed by atoms with Crippen LogP contribution in [0.5, 0.6) is 0 Å². The van der Waals surface area contributed by atoms with E-state index in [1.165, 1.54) is 0 Å². The van der Waals surface area contributed by atoms with Gasteiger partial charge in [-0.1, -0.05) is 0 Å². The van der Waals surface area contributed by atoms with Crippen LogP contribution in [0.2, 0.25) is 0 Å². The second kappa shape index (κ2) is 8.17. The molecule has 3 aromatic heterocycles. The molecule has 0 aliphatic carbocycles. The fraction of sp³-hybridized carbons (Fsp3) is 0.286. The Bertz CT molecular complexity index is 1020. The van der Waals surface area contributed by atoms with Gasteiger partial charge >= 0.3 is 12.1 Å². The van der Waals surface area contributed by atoms with Crippen LogP contribution in [0, 0.1) is 0 Å². The number of alkyl halides is 3. The number of hydrogen-bond acceptors (Lipinski definition) is 5. The topological polar surface area (TPSA) is 71.9 Å². The summed E-state index contributed by atoms with van der Waals surface area (Å²) in [7, 11) is 0. The van der Waals surface area contributed by atoms with Crippen LogP contribution in [0.3, 0.4) is 0 Å². The van der Waals surface area contributed by atoms with Gasteiger partial charge in [-0.3, -0.25) is 14.8 Å². The number of piperidine rings is 1. The van der Waals surface area contributed by atoms with Crippen molar-refractivity contribution in [3.63, 3.8) is 0 Å². The Kier molecular flexibility index (Phi) is 5.43. The largest absolute Gasteiger partial charge is 0.471 e. The van der Waals surface area contributed by atoms with Crippen LogP contribution >= 0.6 is 0 Å². The normalized spacial score (nSPS) is 15.2. The van der Waals surface area contributed by atoms with Gasteiger partial charge in [0.05, 0.1) is 5.69 Å². The van der Waals surface area contributed by atoms with Gasteiger partial charge in [0.1, 0.15) is 0 Å². The van der Waals surface area contributed by atoms with E-state index < -0.39 is 12.1 Å². The fourth-order valence-electron chi connectivity index (χ4n) is 3.64. The molecule has 1 aliphatic rings. The summed E-state index contributed by atoms with van der Waals surface area (Å²) in [5.74, 6) is -1.34. The number of likely N-dealkylation sites (tertiary alicyclic amines) is 1. The van der Waals surface area contributed by atoms with Gasteiger partial charge in [0, 0.05) is 61.1 Å². The summed E-state index contributed by atoms with van der Waals surface area (Å²) in [6, 6.07) is 7.29. The van der Waals surface area contributed by atoms with Crippen molar-refractivity contribution in [2.75, 3.05) is 13.1 Å². The summed E-state index contributed by atoms with van der Waals surface area (Å²) in [5, 5.41) is 0. The van der Waals surface area contributed by atoms with E-state index in [2.05, 4.69) is 15.0 Å². The molecule has 9 heteroatoms. The summed E-state index contributed by atoms with van der Waals surface area (Å²) in [6.45, 7) is 0.0702. The van der Waals surface area contributed by atoms with Crippen LogP contribution in [-0.4, -0.2) is 50.0 Å². The third kappa shape index (κ3) is 4.14. The molecule has 0 unspecified atom stereocenters. The third-order valence-electron chi connectivity index (χ3n) is 5.16. The predicted molar refractivity (Wildman–Crippen MR) is 103 cm³/mol. The summed E-state index contributed by atoms with van der Waals surface area (Å²) in [6.07, 6.45) is 4.31. The van der Waals surface area contributed by atoms with Gasteiger partial charge in [0.2, 0.25) is 0 Å². The number of rotatable bonds is 3. The quantitative estimate of drug-likeness (QED) is 0.652. The molecule has 1 aliphatic heterocycles. The first-order valence-corrected chi connectivity index (χ1v) is 9.47. The van der Waals surface area contributed by atoms with Crippen LogP contribution < -0.4 is 0 Å². The summed E-state index contributed by atoms with van der Waals surface area (Å²) in [4.78, 5) is 29.7. The highest BCUT2D eigenvalue weighted by Gasteiger charge is 2.43. The Balaban J connectivity index is 1.66. The number of pyridine rings is 2. The van der Waals surface area contributed by atoms with Crippen molar-refractivity contribution >= 4 is 5.91 Å². The van der Waals surface area contributed by atoms with Gasteiger partial charge in [-0.2, -0.15) is 13.2 Å². The molecule has 1 fully saturated rings. The van der Waals surface area contributed by atoms with Gasteiger partial charge in [0.15, 0.2) is 5.82 Å². The molecule has 4 heterocycles. The van der Waals surface area contributed by atoms with Crippen molar-refractivity contribution in [2.24, 2.45) is 0 Å². The molecule has 154 valence electrons. The standard InChI is InChI=1S/C21H18F3N5O/c22-21(23,24)20(30)29-11-5-15(6-12-29)18-17(14-1-7-25-8-2-14)13-27-19(28-18)16-3-9-26-10-4-16/h1-4,7-10,13,15H,5-6,11-12H2. The average molecular weight is 413 g/mol. The summed E-state index contributed by atoms with van der Waals surface area (Å²) in [5.41, 5.74) is 3.27. The van der Waals surface area contributed by atoms with Gasteiger partial charge in [-0.15, -0.1) is 0 Å². The molecule has 4 rings (SSSR count). The molecule has 0 spiro atoms. The maximum atomic E-state index is 12.8. The Morgan fingerprint density at radius 2 is 1.50 bits per heavy atom. The maximum absolute atomic E-state index is 12.8. The maximum Gasteiger partial charge on any atom is 0.471 e. The highest BCUT2D eigenvalue weighted by atomic mass is 19.4. The zero-order valence-corrected chi connectivity index (χ0v) is 15.9. The van der Waals surface area contributed by atoms with Crippen molar-refractivity contribution in [3.8, 4) is 22.5 Å². The molecule has 0 atom stereocenters. The molecule has 1 saturated heterocycles. The zero-order chi connectivity index (χ0) is 21.1. The van der Waals surface area contributed by atoms with E-state index in [1.54, 1.807) is 43.1 Å². The monoisotopic (exact) mass is 413 g/mol. The van der Waals surface area contributed by atoms with Gasteiger partial charge in [-0.25, -0.2) is 9.97 Å². The molecule has 0 radical (unpaired) electrons. The average Bonchev–Trinajstić information content (AvgIpc) is 2.79. The van der Waals surface area contributed by atoms with E-state index in [9.17, 15) is 18.0 Å². The minimum absolute atomic E-state index is 0.0351. The number of aromatic nitrogens is 4. The van der Waals surface area contributed by atoms with Crippen molar-refractivity contribution in [2.45, 2.75) is 24.9 Å². The van der Waals surface area contributed by atoms with E-state index >= 15 is 0 Å². The molecule has 0 bridgehead atoms. The highest BCUT2D eigenvalue weighted by Crippen LogP contribution is 2.35. The predicted octanol–water partition coefficient (Wildman–Crippen LogP) is 3.87. The van der Waals surface area contributed by atoms with Crippen LogP contribution in [0.15, 0.2) is 55.2 Å². The molecule has 30 heavy (non-hydrogen) atoms. The minimum Gasteiger partial charge on any atom is -0.335 e. The zero-order valence-electron chi connectivity index (χ0n) is 15.9. The van der Waals surface area contributed by atoms with Gasteiger partial charge < -0.3 is 4.90 Å². The van der Waals surface area contributed by atoms with Crippen LogP contribution in [-0.2, 0) is 4.79 Å². The van der Waals surface area contributed by atoms with Gasteiger partial charge in [0.25, 0.3) is 0 Å². The lowest BCUT2D eigenvalue weighted by Gasteiger charge is -2.32. The number of carbonyl (C=O) groups excluding carboxylic acids is 1. The first-order chi connectivity index (χ1) is 14.4. The molecule has 3 aromatic rings. The van der Waals surface area contributed by atoms with Crippen molar-refractivity contribution in [1.29, 1.82) is 0 Å². The lowest BCUT2D eigenvalue weighted by Crippen LogP contribution is -2.45. The number of amides is 1. The lowest BCUT2D eigenvalue weighted by molar-refractivity contribution is -0.186. The molecule has 1 amide bonds. The molecule has 6 nitrogen and oxygen atoms in total. The second-order valence-corrected chi connectivity index (χ2v) is 7.03. The number of nitrogens with zero attached hydrogens (tertiary/aromatic N) is 5. The van der Waals surface area contributed by atoms with Crippen LogP contribution in [0.4, 0.5) is 13.2 Å². The minimum atomic E-state index is -4.85. The van der Waals surface area contributed by atoms with Crippen molar-refractivity contribution in [1.82, 2.24) is 24.8 Å². The highest BCUT2D eigenvalue weighted by molar-refractivity contribution is 5.82. The molecule has 0 aromatic carbocycles. The lowest BCUT2D eigenvalue weighted by atomic mass is 9.89. The van der Waals surface area contributed by atoms with Crippen LogP contribution in [0.25, 0.3) is 22.5 Å². The van der Waals surface area contributed by atoms with E-state index in [0.717, 1.165) is 27.3 Å². The Morgan fingerprint density at radius 1 is 0.933 bits per heavy atom. The van der Waals surface area contributed by atoms with Gasteiger partial charge in [-0.05, 0) is 42.7 Å². The Hall–Kier alpha value is -3.36. The molecular weight excluding hydrogens is 395 g/mol. The molecule has 0 N–H and O–H groups in total. The number of halogens is 3. The van der Waals surface area contributed by atoms with E-state index in [1.807, 2.05) is 12.1 Å². The summed E-state index contributed by atoms with van der Waals surface area (Å²) < 4.78 is 38.3. The SMILES string of the molecule is O=C(N1CCC(c2nc(-c3ccncc3)ncc2-c2ccncc2)CC1)C(F)(F)F. The van der Waals surface area contributed by atoms with E-state index in [0.29, 0.717) is 18.7 Å². The van der Waals surface area contributed by atoms with E-state index in [4.69, 9.17) is 4.98 Å². The first kappa shape index (κ1) is 19.9. The number of hydrogen-bond donors (Lipinski definition) is 0. The fourth-order valence-corrected chi connectivity index (χ4v) is 3.64. The van der Waals surface area contributed by atoms with Crippen molar-refractivity contribution in [3.05, 3.63) is 60.9 Å². The first-order valence-electron chi connectivity index (χ1n) is 9.47. The third-order valence-corrected chi connectivity index (χ3v) is 5.16. The smallest absolute Gasteiger partial charge is 0.335 e. The Labute approximate surface area is 170 Å². The Morgan fingerprint density at radius 3 is 2.07 bits per heavy atom. The molecule has 0 saturated carbocycles. The second-order valence-electron chi connectivity index (χ2n) is 7.03. The molecular formula is C21H18F3N5O.